The van der Waals surface area contributed by atoms with Gasteiger partial charge >= 0.3 is 11.9 Å². The van der Waals surface area contributed by atoms with Crippen molar-refractivity contribution < 1.29 is 19.1 Å². The largest absolute Gasteiger partial charge is 0.453 e. The normalized spacial score (nSPS) is 10.3. The third kappa shape index (κ3) is 5.67. The van der Waals surface area contributed by atoms with Gasteiger partial charge in [-0.25, -0.2) is 9.59 Å². The number of carbonyl (C=O) groups excluding carboxylic acids is 2. The quantitative estimate of drug-likeness (QED) is 0.394. The first-order chi connectivity index (χ1) is 6.78. The molecule has 0 aliphatic rings. The van der Waals surface area contributed by atoms with Crippen LogP contribution in [0.4, 0.5) is 0 Å². The monoisotopic (exact) mass is 212 g/mol. The Morgan fingerprint density at radius 2 is 1.93 bits per heavy atom. The van der Waals surface area contributed by atoms with Crippen LogP contribution < -0.4 is 0 Å². The molecule has 0 saturated carbocycles. The van der Waals surface area contributed by atoms with Crippen LogP contribution in [0.5, 0.6) is 0 Å². The Bertz CT molecular complexity index is 289. The molecule has 0 saturated heterocycles. The van der Waals surface area contributed by atoms with Crippen molar-refractivity contribution in [1.29, 1.82) is 0 Å². The topological polar surface area (TPSA) is 52.6 Å². The first kappa shape index (κ1) is 13.4. The third-order valence-corrected chi connectivity index (χ3v) is 1.54. The molecule has 0 N–H and O–H groups in total. The van der Waals surface area contributed by atoms with Crippen LogP contribution >= 0.6 is 0 Å². The predicted molar refractivity (Wildman–Crippen MR) is 56.1 cm³/mol. The zero-order chi connectivity index (χ0) is 12.1. The fraction of sp³-hybridized carbons (Fsp3) is 0.455. The first-order valence-corrected chi connectivity index (χ1v) is 4.46. The summed E-state index contributed by atoms with van der Waals surface area (Å²) in [5.74, 6) is -1.22. The van der Waals surface area contributed by atoms with Crippen LogP contribution in [-0.2, 0) is 19.1 Å². The van der Waals surface area contributed by atoms with Gasteiger partial charge in [-0.05, 0) is 26.8 Å². The number of ether oxygens (including phenoxy) is 2. The van der Waals surface area contributed by atoms with Crippen LogP contribution in [0.1, 0.15) is 20.8 Å². The average molecular weight is 212 g/mol. The van der Waals surface area contributed by atoms with Crippen LogP contribution in [-0.4, -0.2) is 24.1 Å². The summed E-state index contributed by atoms with van der Waals surface area (Å²) in [5, 5.41) is 0. The standard InChI is InChI=1S/C11H16O4/c1-6-11(4,5)15-9(12)7-14-10(13)8(2)3/h6H,1-2,7H2,3-5H3. The minimum absolute atomic E-state index is 0.241. The van der Waals surface area contributed by atoms with Crippen LogP contribution in [0.2, 0.25) is 0 Å². The van der Waals surface area contributed by atoms with E-state index in [2.05, 4.69) is 17.9 Å². The highest BCUT2D eigenvalue weighted by Gasteiger charge is 2.19. The number of carbonyl (C=O) groups is 2. The summed E-state index contributed by atoms with van der Waals surface area (Å²) in [6, 6.07) is 0. The third-order valence-electron chi connectivity index (χ3n) is 1.54. The maximum absolute atomic E-state index is 11.2. The van der Waals surface area contributed by atoms with Gasteiger partial charge in [0.1, 0.15) is 5.60 Å². The van der Waals surface area contributed by atoms with E-state index in [-0.39, 0.29) is 5.57 Å². The molecule has 0 fully saturated rings. The van der Waals surface area contributed by atoms with Crippen molar-refractivity contribution in [1.82, 2.24) is 0 Å². The van der Waals surface area contributed by atoms with Gasteiger partial charge in [0.15, 0.2) is 6.61 Å². The molecule has 15 heavy (non-hydrogen) atoms. The minimum atomic E-state index is -0.757. The van der Waals surface area contributed by atoms with E-state index >= 15 is 0 Å². The molecule has 0 unspecified atom stereocenters. The van der Waals surface area contributed by atoms with E-state index < -0.39 is 24.1 Å². The second-order valence-electron chi connectivity index (χ2n) is 3.64. The van der Waals surface area contributed by atoms with Gasteiger partial charge < -0.3 is 9.47 Å². The lowest BCUT2D eigenvalue weighted by Crippen LogP contribution is -2.28. The molecule has 0 aromatic rings. The zero-order valence-corrected chi connectivity index (χ0v) is 9.33. The molecule has 4 heteroatoms. The minimum Gasteiger partial charge on any atom is -0.453 e. The van der Waals surface area contributed by atoms with E-state index in [9.17, 15) is 9.59 Å². The van der Waals surface area contributed by atoms with Crippen molar-refractivity contribution in [2.45, 2.75) is 26.4 Å². The summed E-state index contributed by atoms with van der Waals surface area (Å²) in [6.07, 6.45) is 1.49. The van der Waals surface area contributed by atoms with E-state index in [0.717, 1.165) is 0 Å². The summed E-state index contributed by atoms with van der Waals surface area (Å²) in [4.78, 5) is 22.1. The van der Waals surface area contributed by atoms with Gasteiger partial charge in [0.25, 0.3) is 0 Å². The molecule has 0 spiro atoms. The van der Waals surface area contributed by atoms with Crippen LogP contribution in [0.15, 0.2) is 24.8 Å². The van der Waals surface area contributed by atoms with Crippen molar-refractivity contribution >= 4 is 11.9 Å². The van der Waals surface area contributed by atoms with Gasteiger partial charge in [0, 0.05) is 5.57 Å². The Hall–Kier alpha value is -1.58. The number of rotatable bonds is 5. The summed E-state index contributed by atoms with van der Waals surface area (Å²) >= 11 is 0. The molecule has 0 bridgehead atoms. The van der Waals surface area contributed by atoms with Crippen molar-refractivity contribution in [2.75, 3.05) is 6.61 Å². The molecule has 0 aromatic carbocycles. The Labute approximate surface area is 89.6 Å². The van der Waals surface area contributed by atoms with Gasteiger partial charge in [0.2, 0.25) is 0 Å². The molecule has 0 aliphatic carbocycles. The van der Waals surface area contributed by atoms with Crippen molar-refractivity contribution in [3.63, 3.8) is 0 Å². The van der Waals surface area contributed by atoms with Crippen LogP contribution in [0.3, 0.4) is 0 Å². The lowest BCUT2D eigenvalue weighted by molar-refractivity contribution is -0.163. The molecular formula is C11H16O4. The molecule has 0 aliphatic heterocycles. The highest BCUT2D eigenvalue weighted by molar-refractivity contribution is 5.88. The highest BCUT2D eigenvalue weighted by atomic mass is 16.6. The summed E-state index contributed by atoms with van der Waals surface area (Å²) in [7, 11) is 0. The van der Waals surface area contributed by atoms with E-state index in [4.69, 9.17) is 4.74 Å². The Kier molecular flexibility index (Phi) is 4.78. The van der Waals surface area contributed by atoms with Gasteiger partial charge in [0.05, 0.1) is 0 Å². The van der Waals surface area contributed by atoms with Gasteiger partial charge in [-0.15, -0.1) is 0 Å². The van der Waals surface area contributed by atoms with E-state index in [0.29, 0.717) is 0 Å². The molecule has 0 aromatic heterocycles. The fourth-order valence-electron chi connectivity index (χ4n) is 0.612. The second kappa shape index (κ2) is 5.34. The lowest BCUT2D eigenvalue weighted by Gasteiger charge is -2.20. The molecule has 0 atom stereocenters. The van der Waals surface area contributed by atoms with Gasteiger partial charge in [-0.3, -0.25) is 0 Å². The van der Waals surface area contributed by atoms with Crippen molar-refractivity contribution in [3.05, 3.63) is 24.8 Å². The van der Waals surface area contributed by atoms with Crippen LogP contribution in [0, 0.1) is 0 Å². The Morgan fingerprint density at radius 3 is 2.33 bits per heavy atom. The van der Waals surface area contributed by atoms with Gasteiger partial charge in [-0.2, -0.15) is 0 Å². The maximum Gasteiger partial charge on any atom is 0.345 e. The van der Waals surface area contributed by atoms with Crippen LogP contribution in [0.25, 0.3) is 0 Å². The second-order valence-corrected chi connectivity index (χ2v) is 3.64. The molecule has 84 valence electrons. The molecule has 0 radical (unpaired) electrons. The summed E-state index contributed by atoms with van der Waals surface area (Å²) < 4.78 is 9.56. The van der Waals surface area contributed by atoms with E-state index in [1.54, 1.807) is 13.8 Å². The summed E-state index contributed by atoms with van der Waals surface area (Å²) in [5.41, 5.74) is -0.516. The Morgan fingerprint density at radius 1 is 1.40 bits per heavy atom. The molecule has 0 amide bonds. The SMILES string of the molecule is C=CC(C)(C)OC(=O)COC(=O)C(=C)C. The van der Waals surface area contributed by atoms with Gasteiger partial charge in [-0.1, -0.05) is 13.2 Å². The predicted octanol–water partition coefficient (Wildman–Crippen LogP) is 1.61. The Balaban J connectivity index is 4.01. The molecular weight excluding hydrogens is 196 g/mol. The molecule has 0 heterocycles. The van der Waals surface area contributed by atoms with E-state index in [1.807, 2.05) is 0 Å². The highest BCUT2D eigenvalue weighted by Crippen LogP contribution is 2.10. The number of hydrogen-bond acceptors (Lipinski definition) is 4. The van der Waals surface area contributed by atoms with Crippen molar-refractivity contribution in [3.8, 4) is 0 Å². The first-order valence-electron chi connectivity index (χ1n) is 4.46. The fourth-order valence-corrected chi connectivity index (χ4v) is 0.612. The number of hydrogen-bond donors (Lipinski definition) is 0. The smallest absolute Gasteiger partial charge is 0.345 e. The average Bonchev–Trinajstić information content (AvgIpc) is 2.13. The summed E-state index contributed by atoms with van der Waals surface area (Å²) in [6.45, 7) is 11.3. The van der Waals surface area contributed by atoms with E-state index in [1.165, 1.54) is 13.0 Å². The molecule has 4 nitrogen and oxygen atoms in total. The zero-order valence-electron chi connectivity index (χ0n) is 9.33. The number of esters is 2. The maximum atomic E-state index is 11.2. The lowest BCUT2D eigenvalue weighted by atomic mass is 10.1. The van der Waals surface area contributed by atoms with Crippen molar-refractivity contribution in [2.24, 2.45) is 0 Å². The molecule has 0 rings (SSSR count).